The highest BCUT2D eigenvalue weighted by Gasteiger charge is 2.41. The summed E-state index contributed by atoms with van der Waals surface area (Å²) in [5.41, 5.74) is 0.194. The van der Waals surface area contributed by atoms with Gasteiger partial charge in [-0.05, 0) is 43.2 Å². The molecule has 6 nitrogen and oxygen atoms in total. The van der Waals surface area contributed by atoms with E-state index < -0.39 is 0 Å². The summed E-state index contributed by atoms with van der Waals surface area (Å²) in [5, 5.41) is 12.2. The van der Waals surface area contributed by atoms with Crippen molar-refractivity contribution >= 4 is 17.5 Å². The van der Waals surface area contributed by atoms with Gasteiger partial charge in [0.15, 0.2) is 0 Å². The Morgan fingerprint density at radius 2 is 2.17 bits per heavy atom. The van der Waals surface area contributed by atoms with E-state index in [1.807, 2.05) is 6.92 Å². The highest BCUT2D eigenvalue weighted by atomic mass is 35.5. The number of rotatable bonds is 7. The van der Waals surface area contributed by atoms with E-state index in [1.54, 1.807) is 0 Å². The third-order valence-corrected chi connectivity index (χ3v) is 3.25. The first kappa shape index (κ1) is 13.3. The zero-order chi connectivity index (χ0) is 13.0. The molecule has 100 valence electrons. The minimum atomic E-state index is 0.114. The second-order valence-corrected chi connectivity index (χ2v) is 4.81. The second-order valence-electron chi connectivity index (χ2n) is 4.47. The fourth-order valence-electron chi connectivity index (χ4n) is 1.80. The molecule has 0 amide bonds. The molecule has 18 heavy (non-hydrogen) atoms. The fraction of sp³-hybridized carbons (Fsp3) is 0.727. The van der Waals surface area contributed by atoms with E-state index in [2.05, 4.69) is 20.3 Å². The van der Waals surface area contributed by atoms with E-state index in [0.29, 0.717) is 12.6 Å². The van der Waals surface area contributed by atoms with E-state index in [4.69, 9.17) is 21.4 Å². The van der Waals surface area contributed by atoms with Gasteiger partial charge in [0.1, 0.15) is 0 Å². The summed E-state index contributed by atoms with van der Waals surface area (Å²) in [4.78, 5) is 12.0. The van der Waals surface area contributed by atoms with Crippen LogP contribution in [0, 0.1) is 5.41 Å². The van der Waals surface area contributed by atoms with Crippen molar-refractivity contribution in [1.29, 1.82) is 0 Å². The topological polar surface area (TPSA) is 80.2 Å². The Hall–Kier alpha value is -1.14. The fourth-order valence-corrected chi connectivity index (χ4v) is 1.95. The number of anilines is 1. The number of aliphatic hydroxyl groups is 1. The van der Waals surface area contributed by atoms with Crippen LogP contribution in [0.1, 0.15) is 26.2 Å². The molecule has 1 fully saturated rings. The van der Waals surface area contributed by atoms with Crippen LogP contribution in [0.2, 0.25) is 5.28 Å². The first-order chi connectivity index (χ1) is 8.67. The minimum absolute atomic E-state index is 0.114. The number of ether oxygens (including phenoxy) is 1. The van der Waals surface area contributed by atoms with Crippen molar-refractivity contribution in [2.75, 3.05) is 25.1 Å². The van der Waals surface area contributed by atoms with Gasteiger partial charge in [-0.15, -0.1) is 0 Å². The lowest BCUT2D eigenvalue weighted by Crippen LogP contribution is -2.18. The third-order valence-electron chi connectivity index (χ3n) is 3.08. The lowest BCUT2D eigenvalue weighted by Gasteiger charge is -2.14. The van der Waals surface area contributed by atoms with Crippen LogP contribution in [-0.2, 0) is 0 Å². The van der Waals surface area contributed by atoms with Gasteiger partial charge in [0.05, 0.1) is 6.61 Å². The Kier molecular flexibility index (Phi) is 4.19. The van der Waals surface area contributed by atoms with Gasteiger partial charge in [-0.3, -0.25) is 0 Å². The summed E-state index contributed by atoms with van der Waals surface area (Å²) in [6, 6.07) is 0.229. The Morgan fingerprint density at radius 1 is 1.39 bits per heavy atom. The number of nitrogens with one attached hydrogen (secondary N) is 1. The van der Waals surface area contributed by atoms with Crippen molar-refractivity contribution in [3.63, 3.8) is 0 Å². The normalized spacial score (nSPS) is 16.4. The highest BCUT2D eigenvalue weighted by molar-refractivity contribution is 6.28. The summed E-state index contributed by atoms with van der Waals surface area (Å²) in [7, 11) is 0. The third kappa shape index (κ3) is 3.43. The van der Waals surface area contributed by atoms with Gasteiger partial charge in [0.25, 0.3) is 0 Å². The summed E-state index contributed by atoms with van der Waals surface area (Å²) in [5.74, 6) is 0.419. The molecule has 0 radical (unpaired) electrons. The molecule has 2 N–H and O–H groups in total. The van der Waals surface area contributed by atoms with Crippen LogP contribution in [0.25, 0.3) is 0 Å². The quantitative estimate of drug-likeness (QED) is 0.783. The van der Waals surface area contributed by atoms with Crippen molar-refractivity contribution in [3.05, 3.63) is 5.28 Å². The highest BCUT2D eigenvalue weighted by Crippen LogP contribution is 2.48. The van der Waals surface area contributed by atoms with Gasteiger partial charge in [-0.1, -0.05) is 0 Å². The average molecular weight is 273 g/mol. The van der Waals surface area contributed by atoms with E-state index in [0.717, 1.165) is 25.8 Å². The molecule has 0 aromatic carbocycles. The van der Waals surface area contributed by atoms with Crippen LogP contribution in [0.5, 0.6) is 6.01 Å². The number of aromatic nitrogens is 3. The van der Waals surface area contributed by atoms with E-state index >= 15 is 0 Å². The van der Waals surface area contributed by atoms with Gasteiger partial charge >= 0.3 is 6.01 Å². The molecule has 0 unspecified atom stereocenters. The van der Waals surface area contributed by atoms with Crippen LogP contribution >= 0.6 is 11.6 Å². The molecule has 1 aromatic heterocycles. The van der Waals surface area contributed by atoms with Crippen molar-refractivity contribution in [2.45, 2.75) is 26.2 Å². The Morgan fingerprint density at radius 3 is 2.78 bits per heavy atom. The lowest BCUT2D eigenvalue weighted by atomic mass is 10.0. The minimum Gasteiger partial charge on any atom is -0.464 e. The Bertz CT molecular complexity index is 412. The molecule has 1 aromatic rings. The second kappa shape index (κ2) is 5.67. The number of aliphatic hydroxyl groups excluding tert-OH is 1. The first-order valence-electron chi connectivity index (χ1n) is 6.06. The molecule has 0 atom stereocenters. The van der Waals surface area contributed by atoms with Gasteiger partial charge in [-0.2, -0.15) is 15.0 Å². The van der Waals surface area contributed by atoms with Crippen LogP contribution < -0.4 is 10.1 Å². The first-order valence-corrected chi connectivity index (χ1v) is 6.44. The molecular formula is C11H17ClN4O2. The van der Waals surface area contributed by atoms with E-state index in [-0.39, 0.29) is 23.3 Å². The standard InChI is InChI=1S/C11H17ClN4O2/c1-2-18-10-15-8(12)14-9(16-10)13-7-11(3-4-11)5-6-17/h17H,2-7H2,1H3,(H,13,14,15,16). The molecule has 1 aliphatic carbocycles. The summed E-state index contributed by atoms with van der Waals surface area (Å²) < 4.78 is 5.20. The average Bonchev–Trinajstić information content (AvgIpc) is 3.07. The van der Waals surface area contributed by atoms with Crippen molar-refractivity contribution in [3.8, 4) is 6.01 Å². The predicted octanol–water partition coefficient (Wildman–Crippen LogP) is 1.50. The SMILES string of the molecule is CCOc1nc(Cl)nc(NCC2(CCO)CC2)n1. The summed E-state index contributed by atoms with van der Waals surface area (Å²) in [6.07, 6.45) is 3.05. The van der Waals surface area contributed by atoms with Crippen molar-refractivity contribution in [1.82, 2.24) is 15.0 Å². The lowest BCUT2D eigenvalue weighted by molar-refractivity contribution is 0.253. The van der Waals surface area contributed by atoms with Gasteiger partial charge in [0, 0.05) is 13.2 Å². The van der Waals surface area contributed by atoms with Crippen molar-refractivity contribution < 1.29 is 9.84 Å². The summed E-state index contributed by atoms with van der Waals surface area (Å²) >= 11 is 5.79. The van der Waals surface area contributed by atoms with E-state index in [9.17, 15) is 0 Å². The largest absolute Gasteiger partial charge is 0.464 e. The maximum atomic E-state index is 8.99. The zero-order valence-corrected chi connectivity index (χ0v) is 11.1. The molecule has 1 heterocycles. The van der Waals surface area contributed by atoms with Crippen LogP contribution in [0.4, 0.5) is 5.95 Å². The van der Waals surface area contributed by atoms with Gasteiger partial charge in [0.2, 0.25) is 11.2 Å². The molecule has 7 heteroatoms. The van der Waals surface area contributed by atoms with E-state index in [1.165, 1.54) is 0 Å². The number of nitrogens with zero attached hydrogens (tertiary/aromatic N) is 3. The maximum absolute atomic E-state index is 8.99. The molecule has 1 aliphatic rings. The number of hydrogen-bond acceptors (Lipinski definition) is 6. The maximum Gasteiger partial charge on any atom is 0.322 e. The molecule has 1 saturated carbocycles. The van der Waals surface area contributed by atoms with Gasteiger partial charge in [-0.25, -0.2) is 0 Å². The zero-order valence-electron chi connectivity index (χ0n) is 10.3. The molecule has 2 rings (SSSR count). The predicted molar refractivity (Wildman–Crippen MR) is 67.9 cm³/mol. The molecule has 0 spiro atoms. The smallest absolute Gasteiger partial charge is 0.322 e. The van der Waals surface area contributed by atoms with Crippen LogP contribution in [0.3, 0.4) is 0 Å². The number of hydrogen-bond donors (Lipinski definition) is 2. The van der Waals surface area contributed by atoms with Crippen molar-refractivity contribution in [2.24, 2.45) is 5.41 Å². The van der Waals surface area contributed by atoms with Crippen LogP contribution in [-0.4, -0.2) is 39.8 Å². The Balaban J connectivity index is 1.96. The Labute approximate surface area is 111 Å². The number of halogens is 1. The summed E-state index contributed by atoms with van der Waals surface area (Å²) in [6.45, 7) is 3.28. The van der Waals surface area contributed by atoms with Crippen LogP contribution in [0.15, 0.2) is 0 Å². The molecule has 0 aliphatic heterocycles. The monoisotopic (exact) mass is 272 g/mol. The molecular weight excluding hydrogens is 256 g/mol. The molecule has 0 saturated heterocycles. The molecule has 0 bridgehead atoms. The van der Waals surface area contributed by atoms with Gasteiger partial charge < -0.3 is 15.2 Å².